The Bertz CT molecular complexity index is 1990. The molecular weight excluding hydrogens is 620 g/mol. The summed E-state index contributed by atoms with van der Waals surface area (Å²) in [7, 11) is 1.29. The number of aromatic amines is 2. The Morgan fingerprint density at radius 1 is 0.939 bits per heavy atom. The van der Waals surface area contributed by atoms with Crippen molar-refractivity contribution in [3.05, 3.63) is 72.6 Å². The number of carbonyl (C=O) groups excluding carboxylic acids is 2. The second kappa shape index (κ2) is 10.3. The number of hydrogen-bond donors (Lipinski definition) is 4. The number of carbonyl (C=O) groups is 3. The molecule has 9 rings (SSSR count). The quantitative estimate of drug-likeness (QED) is 0.174. The Morgan fingerprint density at radius 2 is 1.57 bits per heavy atom. The molecule has 0 unspecified atom stereocenters. The van der Waals surface area contributed by atoms with Crippen LogP contribution in [0.4, 0.5) is 4.79 Å². The summed E-state index contributed by atoms with van der Waals surface area (Å²) in [4.78, 5) is 55.8. The van der Waals surface area contributed by atoms with Crippen LogP contribution in [0.3, 0.4) is 0 Å². The van der Waals surface area contributed by atoms with Crippen molar-refractivity contribution >= 4 is 18.0 Å². The van der Waals surface area contributed by atoms with Crippen molar-refractivity contribution in [3.8, 4) is 33.6 Å². The van der Waals surface area contributed by atoms with Gasteiger partial charge in [-0.25, -0.2) is 14.8 Å². The first-order valence-corrected chi connectivity index (χ1v) is 17.4. The van der Waals surface area contributed by atoms with Crippen molar-refractivity contribution in [2.24, 2.45) is 28.6 Å². The van der Waals surface area contributed by atoms with E-state index in [9.17, 15) is 19.5 Å². The molecule has 2 aromatic heterocycles. The van der Waals surface area contributed by atoms with Crippen LogP contribution in [0.5, 0.6) is 0 Å². The molecule has 252 valence electrons. The smallest absolute Gasteiger partial charge is 0.407 e. The van der Waals surface area contributed by atoms with Gasteiger partial charge in [-0.05, 0) is 77.0 Å². The number of H-pyrrole nitrogens is 2. The number of aliphatic carboxylic acids is 1. The van der Waals surface area contributed by atoms with E-state index in [0.717, 1.165) is 71.0 Å². The number of imidazole rings is 2. The number of hydrogen-bond acceptors (Lipinski definition) is 6. The van der Waals surface area contributed by atoms with Gasteiger partial charge in [-0.1, -0.05) is 62.4 Å². The second-order valence-corrected chi connectivity index (χ2v) is 15.0. The first kappa shape index (κ1) is 30.2. The summed E-state index contributed by atoms with van der Waals surface area (Å²) in [6.07, 6.45) is 8.08. The van der Waals surface area contributed by atoms with Crippen LogP contribution in [0.25, 0.3) is 33.6 Å². The average Bonchev–Trinajstić information content (AvgIpc) is 3.58. The van der Waals surface area contributed by atoms with Crippen molar-refractivity contribution in [3.63, 3.8) is 0 Å². The van der Waals surface area contributed by atoms with Crippen LogP contribution in [0.15, 0.2) is 60.9 Å². The SMILES string of the molecule is COC(=O)N[C@H](C(=O)N1CCC[C@H]1c1ncc(-c2ccc(-c3ccc(-c4cnc([C@]56[C@H](C(=O)O)[C@@H]7CC[C@@]58C[C@@]786)[nH]4)cc3)cc2)[nH]1)C(C)C. The van der Waals surface area contributed by atoms with Crippen molar-refractivity contribution in [2.75, 3.05) is 13.7 Å². The third kappa shape index (κ3) is 3.81. The maximum Gasteiger partial charge on any atom is 0.407 e. The number of carboxylic acids is 1. The lowest BCUT2D eigenvalue weighted by atomic mass is 9.50. The number of nitrogens with zero attached hydrogens (tertiary/aromatic N) is 3. The third-order valence-corrected chi connectivity index (χ3v) is 12.9. The molecule has 4 N–H and O–H groups in total. The molecular formula is C38H40N6O5. The lowest BCUT2D eigenvalue weighted by Gasteiger charge is -2.52. The Kier molecular flexibility index (Phi) is 6.33. The van der Waals surface area contributed by atoms with Crippen LogP contribution in [0.2, 0.25) is 0 Å². The van der Waals surface area contributed by atoms with Crippen LogP contribution in [0.1, 0.15) is 63.6 Å². The predicted octanol–water partition coefficient (Wildman–Crippen LogP) is 5.93. The highest BCUT2D eigenvalue weighted by molar-refractivity contribution is 5.87. The third-order valence-electron chi connectivity index (χ3n) is 12.9. The maximum absolute atomic E-state index is 13.5. The average molecular weight is 661 g/mol. The van der Waals surface area contributed by atoms with E-state index in [1.165, 1.54) is 13.5 Å². The lowest BCUT2D eigenvalue weighted by Crippen LogP contribution is -2.57. The van der Waals surface area contributed by atoms with E-state index >= 15 is 0 Å². The van der Waals surface area contributed by atoms with Crippen molar-refractivity contribution < 1.29 is 24.2 Å². The first-order valence-electron chi connectivity index (χ1n) is 17.4. The number of benzene rings is 2. The number of carboxylic acid groups (broad SMARTS) is 1. The fourth-order valence-corrected chi connectivity index (χ4v) is 10.7. The fraction of sp³-hybridized carbons (Fsp3) is 0.447. The second-order valence-electron chi connectivity index (χ2n) is 15.0. The Labute approximate surface area is 283 Å². The molecule has 3 heterocycles. The molecule has 0 radical (unpaired) electrons. The van der Waals surface area contributed by atoms with Crippen LogP contribution >= 0.6 is 0 Å². The van der Waals surface area contributed by atoms with Crippen LogP contribution in [-0.2, 0) is 19.7 Å². The van der Waals surface area contributed by atoms with E-state index < -0.39 is 18.1 Å². The van der Waals surface area contributed by atoms with E-state index in [1.54, 1.807) is 0 Å². The molecule has 0 bridgehead atoms. The fourth-order valence-electron chi connectivity index (χ4n) is 10.7. The highest BCUT2D eigenvalue weighted by Crippen LogP contribution is 3.12. The zero-order valence-electron chi connectivity index (χ0n) is 27.8. The zero-order valence-corrected chi connectivity index (χ0v) is 27.8. The molecule has 4 saturated carbocycles. The molecule has 11 heteroatoms. The van der Waals surface area contributed by atoms with Gasteiger partial charge in [0.2, 0.25) is 5.91 Å². The van der Waals surface area contributed by atoms with Crippen molar-refractivity contribution in [1.29, 1.82) is 0 Å². The van der Waals surface area contributed by atoms with Gasteiger partial charge in [-0.15, -0.1) is 0 Å². The van der Waals surface area contributed by atoms with Gasteiger partial charge >= 0.3 is 12.1 Å². The van der Waals surface area contributed by atoms with Crippen LogP contribution < -0.4 is 5.32 Å². The number of likely N-dealkylation sites (tertiary alicyclic amines) is 1. The molecule has 49 heavy (non-hydrogen) atoms. The maximum atomic E-state index is 13.5. The van der Waals surface area contributed by atoms with Gasteiger partial charge in [0.15, 0.2) is 0 Å². The van der Waals surface area contributed by atoms with Gasteiger partial charge in [-0.3, -0.25) is 9.59 Å². The highest BCUT2D eigenvalue weighted by Gasteiger charge is 3.13. The molecule has 7 atom stereocenters. The molecule has 5 aliphatic rings. The minimum atomic E-state index is -0.676. The Hall–Kier alpha value is -4.93. The van der Waals surface area contributed by atoms with E-state index in [1.807, 2.05) is 31.1 Å². The minimum Gasteiger partial charge on any atom is -0.481 e. The van der Waals surface area contributed by atoms with Gasteiger partial charge in [0.05, 0.1) is 48.3 Å². The van der Waals surface area contributed by atoms with Crippen LogP contribution in [-0.4, -0.2) is 67.6 Å². The van der Waals surface area contributed by atoms with Crippen molar-refractivity contribution in [1.82, 2.24) is 30.2 Å². The number of methoxy groups -OCH3 is 1. The molecule has 2 amide bonds. The number of ether oxygens (including phenoxy) is 1. The van der Waals surface area contributed by atoms with E-state index in [0.29, 0.717) is 12.5 Å². The number of nitrogens with one attached hydrogen (secondary N) is 3. The summed E-state index contributed by atoms with van der Waals surface area (Å²) in [5.41, 5.74) is 6.12. The summed E-state index contributed by atoms with van der Waals surface area (Å²) in [5.74, 6) is 0.752. The summed E-state index contributed by atoms with van der Waals surface area (Å²) in [6.45, 7) is 4.42. The van der Waals surface area contributed by atoms with E-state index in [-0.39, 0.29) is 40.0 Å². The summed E-state index contributed by atoms with van der Waals surface area (Å²) < 4.78 is 4.75. The monoisotopic (exact) mass is 660 g/mol. The van der Waals surface area contributed by atoms with Gasteiger partial charge < -0.3 is 30.0 Å². The molecule has 11 nitrogen and oxygen atoms in total. The standard InChI is InChI=1S/C38H40N6O5/c1-20(2)30(43-35(48)49-3)32(45)44-16-4-5-28(44)31-39-17-26(41-31)23-10-6-21(7-11-23)22-8-12-24(13-9-22)27-18-40-34(42-27)38-29(33(46)47)25-14-15-36(38)19-37(25,36)38/h6-13,17-18,20,25,28-30H,4-5,14-16,19H2,1-3H3,(H,39,41)(H,40,42)(H,43,48)(H,46,47)/t25-,28-,29-,30-,36-,37+,38+/m0/s1. The number of amides is 2. The molecule has 4 aromatic rings. The molecule has 5 fully saturated rings. The lowest BCUT2D eigenvalue weighted by molar-refractivity contribution is -0.158. The molecule has 4 aliphatic carbocycles. The number of aromatic nitrogens is 4. The Balaban J connectivity index is 0.883. The van der Waals surface area contributed by atoms with Gasteiger partial charge in [0, 0.05) is 6.54 Å². The zero-order chi connectivity index (χ0) is 33.9. The van der Waals surface area contributed by atoms with E-state index in [4.69, 9.17) is 9.72 Å². The summed E-state index contributed by atoms with van der Waals surface area (Å²) >= 11 is 0. The number of rotatable bonds is 9. The topological polar surface area (TPSA) is 153 Å². The minimum absolute atomic E-state index is 0.0936. The molecule has 1 aliphatic heterocycles. The van der Waals surface area contributed by atoms with E-state index in [2.05, 4.69) is 68.8 Å². The number of alkyl carbamates (subject to hydrolysis) is 1. The largest absolute Gasteiger partial charge is 0.481 e. The van der Waals surface area contributed by atoms with Crippen LogP contribution in [0, 0.1) is 28.6 Å². The normalized spacial score (nSPS) is 30.7. The van der Waals surface area contributed by atoms with Gasteiger partial charge in [0.1, 0.15) is 17.7 Å². The summed E-state index contributed by atoms with van der Waals surface area (Å²) in [5, 5.41) is 12.7. The molecule has 1 spiro atoms. The molecule has 2 aromatic carbocycles. The molecule has 1 saturated heterocycles. The van der Waals surface area contributed by atoms with Gasteiger partial charge in [-0.2, -0.15) is 0 Å². The predicted molar refractivity (Wildman–Crippen MR) is 180 cm³/mol. The van der Waals surface area contributed by atoms with Crippen molar-refractivity contribution in [2.45, 2.75) is 63.5 Å². The highest BCUT2D eigenvalue weighted by atomic mass is 16.5. The summed E-state index contributed by atoms with van der Waals surface area (Å²) in [6, 6.07) is 15.8. The van der Waals surface area contributed by atoms with Gasteiger partial charge in [0.25, 0.3) is 0 Å². The first-order chi connectivity index (χ1) is 23.7. The Morgan fingerprint density at radius 3 is 2.16 bits per heavy atom.